The van der Waals surface area contributed by atoms with Gasteiger partial charge in [-0.3, -0.25) is 4.79 Å². The van der Waals surface area contributed by atoms with Crippen LogP contribution in [0, 0.1) is 0 Å². The zero-order valence-corrected chi connectivity index (χ0v) is 10.9. The summed E-state index contributed by atoms with van der Waals surface area (Å²) in [5.74, 6) is 0.721. The van der Waals surface area contributed by atoms with E-state index in [-0.39, 0.29) is 11.2 Å². The average molecular weight is 254 g/mol. The maximum atomic E-state index is 11.5. The van der Waals surface area contributed by atoms with Crippen LogP contribution in [0.15, 0.2) is 23.1 Å². The molecule has 1 unspecified atom stereocenters. The minimum absolute atomic E-state index is 0.0130. The van der Waals surface area contributed by atoms with Crippen LogP contribution in [0.1, 0.15) is 6.92 Å². The van der Waals surface area contributed by atoms with E-state index < -0.39 is 0 Å². The molecule has 0 aromatic heterocycles. The molecule has 16 heavy (non-hydrogen) atoms. The number of carbonyl (C=O) groups is 1. The van der Waals surface area contributed by atoms with Gasteiger partial charge in [0.05, 0.1) is 16.8 Å². The number of amides is 1. The fourth-order valence-corrected chi connectivity index (χ4v) is 2.61. The summed E-state index contributed by atoms with van der Waals surface area (Å²) < 4.78 is 0. The molecule has 0 fully saturated rings. The molecule has 1 aromatic carbocycles. The van der Waals surface area contributed by atoms with E-state index in [9.17, 15) is 4.79 Å². The maximum absolute atomic E-state index is 11.5. The van der Waals surface area contributed by atoms with Crippen molar-refractivity contribution in [1.29, 1.82) is 0 Å². The molecule has 0 radical (unpaired) electrons. The van der Waals surface area contributed by atoms with Gasteiger partial charge < -0.3 is 10.2 Å². The van der Waals surface area contributed by atoms with Gasteiger partial charge in [0, 0.05) is 17.6 Å². The standard InChI is InChI=1S/C11H14N2OS2/c1-7-11(14)12-9-5-8(13(2)6-15)3-4-10(9)16-7/h3-5,7,15H,6H2,1-2H3,(H,12,14). The highest BCUT2D eigenvalue weighted by Gasteiger charge is 2.23. The van der Waals surface area contributed by atoms with Crippen LogP contribution in [0.2, 0.25) is 0 Å². The van der Waals surface area contributed by atoms with Gasteiger partial charge in [-0.2, -0.15) is 12.6 Å². The molecule has 1 amide bonds. The Kier molecular flexibility index (Phi) is 3.35. The van der Waals surface area contributed by atoms with Crippen LogP contribution < -0.4 is 10.2 Å². The molecule has 1 aliphatic heterocycles. The largest absolute Gasteiger partial charge is 0.366 e. The molecule has 1 aliphatic rings. The topological polar surface area (TPSA) is 32.3 Å². The molecule has 1 N–H and O–H groups in total. The number of anilines is 2. The number of hydrogen-bond donors (Lipinski definition) is 2. The van der Waals surface area contributed by atoms with E-state index in [2.05, 4.69) is 17.9 Å². The van der Waals surface area contributed by atoms with Crippen molar-refractivity contribution in [3.63, 3.8) is 0 Å². The van der Waals surface area contributed by atoms with E-state index in [4.69, 9.17) is 0 Å². The van der Waals surface area contributed by atoms with Crippen molar-refractivity contribution in [3.8, 4) is 0 Å². The lowest BCUT2D eigenvalue weighted by atomic mass is 10.2. The first kappa shape index (κ1) is 11.7. The van der Waals surface area contributed by atoms with Gasteiger partial charge in [0.15, 0.2) is 0 Å². The zero-order valence-electron chi connectivity index (χ0n) is 9.23. The molecule has 0 saturated heterocycles. The maximum Gasteiger partial charge on any atom is 0.237 e. The van der Waals surface area contributed by atoms with Gasteiger partial charge in [0.2, 0.25) is 5.91 Å². The summed E-state index contributed by atoms with van der Waals surface area (Å²) in [6, 6.07) is 6.08. The van der Waals surface area contributed by atoms with Crippen molar-refractivity contribution >= 4 is 41.7 Å². The number of carbonyl (C=O) groups excluding carboxylic acids is 1. The summed E-state index contributed by atoms with van der Waals surface area (Å²) in [4.78, 5) is 14.7. The molecule has 5 heteroatoms. The molecule has 0 spiro atoms. The van der Waals surface area contributed by atoms with Crippen LogP contribution in [0.4, 0.5) is 11.4 Å². The third-order valence-electron chi connectivity index (χ3n) is 2.55. The van der Waals surface area contributed by atoms with Crippen LogP contribution in [-0.4, -0.2) is 24.1 Å². The summed E-state index contributed by atoms with van der Waals surface area (Å²) in [5, 5.41) is 2.90. The van der Waals surface area contributed by atoms with Gasteiger partial charge in [-0.15, -0.1) is 11.8 Å². The number of benzene rings is 1. The first-order chi connectivity index (χ1) is 7.61. The van der Waals surface area contributed by atoms with E-state index in [1.165, 1.54) is 0 Å². The first-order valence-corrected chi connectivity index (χ1v) is 6.56. The highest BCUT2D eigenvalue weighted by atomic mass is 32.2. The lowest BCUT2D eigenvalue weighted by Gasteiger charge is -2.24. The van der Waals surface area contributed by atoms with Crippen molar-refractivity contribution in [2.24, 2.45) is 0 Å². The number of nitrogens with one attached hydrogen (secondary N) is 1. The molecule has 3 nitrogen and oxygen atoms in total. The Morgan fingerprint density at radius 2 is 2.31 bits per heavy atom. The quantitative estimate of drug-likeness (QED) is 0.628. The van der Waals surface area contributed by atoms with Crippen LogP contribution in [0.25, 0.3) is 0 Å². The van der Waals surface area contributed by atoms with Crippen LogP contribution in [0.3, 0.4) is 0 Å². The van der Waals surface area contributed by atoms with E-state index >= 15 is 0 Å². The molecule has 2 rings (SSSR count). The van der Waals surface area contributed by atoms with Gasteiger partial charge >= 0.3 is 0 Å². The van der Waals surface area contributed by atoms with Crippen LogP contribution >= 0.6 is 24.4 Å². The fraction of sp³-hybridized carbons (Fsp3) is 0.364. The molecular weight excluding hydrogens is 240 g/mol. The van der Waals surface area contributed by atoms with Crippen molar-refractivity contribution in [3.05, 3.63) is 18.2 Å². The zero-order chi connectivity index (χ0) is 11.7. The van der Waals surface area contributed by atoms with Gasteiger partial charge in [-0.25, -0.2) is 0 Å². The van der Waals surface area contributed by atoms with Crippen molar-refractivity contribution in [1.82, 2.24) is 0 Å². The number of hydrogen-bond acceptors (Lipinski definition) is 4. The Morgan fingerprint density at radius 1 is 1.56 bits per heavy atom. The number of fused-ring (bicyclic) bond motifs is 1. The molecule has 86 valence electrons. The predicted octanol–water partition coefficient (Wildman–Crippen LogP) is 2.44. The molecule has 0 saturated carbocycles. The molecule has 0 aliphatic carbocycles. The SMILES string of the molecule is CC1Sc2ccc(N(C)CS)cc2NC1=O. The van der Waals surface area contributed by atoms with Crippen molar-refractivity contribution < 1.29 is 4.79 Å². The molecule has 1 aromatic rings. The Balaban J connectivity index is 2.32. The normalized spacial score (nSPS) is 18.9. The van der Waals surface area contributed by atoms with E-state index in [1.54, 1.807) is 11.8 Å². The van der Waals surface area contributed by atoms with E-state index in [0.717, 1.165) is 16.3 Å². The predicted molar refractivity (Wildman–Crippen MR) is 72.6 cm³/mol. The number of rotatable bonds is 2. The second kappa shape index (κ2) is 4.59. The van der Waals surface area contributed by atoms with E-state index in [1.807, 2.05) is 37.1 Å². The van der Waals surface area contributed by atoms with E-state index in [0.29, 0.717) is 5.88 Å². The van der Waals surface area contributed by atoms with Gasteiger partial charge in [-0.05, 0) is 25.1 Å². The summed E-state index contributed by atoms with van der Waals surface area (Å²) in [6.45, 7) is 1.91. The second-order valence-corrected chi connectivity index (χ2v) is 5.43. The lowest BCUT2D eigenvalue weighted by molar-refractivity contribution is -0.115. The van der Waals surface area contributed by atoms with Crippen LogP contribution in [0.5, 0.6) is 0 Å². The smallest absolute Gasteiger partial charge is 0.237 e. The lowest BCUT2D eigenvalue weighted by Crippen LogP contribution is -2.26. The Morgan fingerprint density at radius 3 is 3.00 bits per heavy atom. The minimum atomic E-state index is -0.0130. The Labute approximate surface area is 105 Å². The highest BCUT2D eigenvalue weighted by molar-refractivity contribution is 8.00. The molecule has 1 atom stereocenters. The Bertz CT molecular complexity index is 422. The van der Waals surface area contributed by atoms with Crippen LogP contribution in [-0.2, 0) is 4.79 Å². The molecule has 1 heterocycles. The Hall–Kier alpha value is -0.810. The highest BCUT2D eigenvalue weighted by Crippen LogP contribution is 2.37. The molecule has 0 bridgehead atoms. The van der Waals surface area contributed by atoms with Gasteiger partial charge in [0.1, 0.15) is 0 Å². The summed E-state index contributed by atoms with van der Waals surface area (Å²) in [7, 11) is 1.97. The second-order valence-electron chi connectivity index (χ2n) is 3.77. The van der Waals surface area contributed by atoms with Gasteiger partial charge in [0.25, 0.3) is 0 Å². The molecular formula is C11H14N2OS2. The third-order valence-corrected chi connectivity index (χ3v) is 4.15. The van der Waals surface area contributed by atoms with Gasteiger partial charge in [-0.1, -0.05) is 0 Å². The number of nitrogens with zero attached hydrogens (tertiary/aromatic N) is 1. The van der Waals surface area contributed by atoms with Crippen molar-refractivity contribution in [2.45, 2.75) is 17.1 Å². The number of thiol groups is 1. The third kappa shape index (κ3) is 2.15. The fourth-order valence-electron chi connectivity index (χ4n) is 1.52. The first-order valence-electron chi connectivity index (χ1n) is 5.05. The summed E-state index contributed by atoms with van der Waals surface area (Å²) >= 11 is 5.82. The number of thioether (sulfide) groups is 1. The average Bonchev–Trinajstić information content (AvgIpc) is 2.29. The minimum Gasteiger partial charge on any atom is -0.366 e. The summed E-state index contributed by atoms with van der Waals surface area (Å²) in [6.07, 6.45) is 0. The monoisotopic (exact) mass is 254 g/mol. The van der Waals surface area contributed by atoms with Crippen molar-refractivity contribution in [2.75, 3.05) is 23.1 Å². The summed E-state index contributed by atoms with van der Waals surface area (Å²) in [5.41, 5.74) is 1.96.